The van der Waals surface area contributed by atoms with E-state index in [4.69, 9.17) is 33.7 Å². The summed E-state index contributed by atoms with van der Waals surface area (Å²) in [7, 11) is 0. The molecule has 0 heterocycles. The number of hydrogen-bond acceptors (Lipinski definition) is 2. The van der Waals surface area contributed by atoms with E-state index in [-0.39, 0.29) is 6.04 Å². The average Bonchev–Trinajstić information content (AvgIpc) is 2.44. The molecule has 2 aromatic carbocycles. The first-order valence-corrected chi connectivity index (χ1v) is 8.21. The van der Waals surface area contributed by atoms with Crippen molar-refractivity contribution in [3.8, 4) is 11.5 Å². The summed E-state index contributed by atoms with van der Waals surface area (Å²) in [4.78, 5) is 0. The highest BCUT2D eigenvalue weighted by atomic mass is 79.9. The van der Waals surface area contributed by atoms with Crippen LogP contribution in [-0.4, -0.2) is 6.04 Å². The highest BCUT2D eigenvalue weighted by Gasteiger charge is 2.09. The topological polar surface area (TPSA) is 35.2 Å². The quantitative estimate of drug-likeness (QED) is 0.699. The maximum atomic E-state index is 6.29. The van der Waals surface area contributed by atoms with Crippen LogP contribution in [-0.2, 0) is 6.42 Å². The molecule has 0 aliphatic heterocycles. The third-order valence-electron chi connectivity index (χ3n) is 3.15. The summed E-state index contributed by atoms with van der Waals surface area (Å²) in [6.45, 7) is 2.06. The third-order valence-corrected chi connectivity index (χ3v) is 4.29. The molecule has 0 saturated heterocycles. The molecule has 2 aromatic rings. The second-order valence-electron chi connectivity index (χ2n) is 4.80. The van der Waals surface area contributed by atoms with Crippen molar-refractivity contribution < 1.29 is 4.74 Å². The van der Waals surface area contributed by atoms with Gasteiger partial charge in [-0.2, -0.15) is 0 Å². The second kappa shape index (κ2) is 7.50. The lowest BCUT2D eigenvalue weighted by atomic mass is 10.0. The van der Waals surface area contributed by atoms with E-state index >= 15 is 0 Å². The van der Waals surface area contributed by atoms with E-state index in [2.05, 4.69) is 22.9 Å². The SMILES string of the molecule is CCC(N)Cc1ccc(Oc2ccc(Br)cc2Cl)cc1Cl. The summed E-state index contributed by atoms with van der Waals surface area (Å²) in [5.74, 6) is 1.24. The summed E-state index contributed by atoms with van der Waals surface area (Å²) < 4.78 is 6.67. The first-order valence-electron chi connectivity index (χ1n) is 6.66. The molecule has 0 fully saturated rings. The minimum absolute atomic E-state index is 0.121. The van der Waals surface area contributed by atoms with Gasteiger partial charge in [0.25, 0.3) is 0 Å². The molecule has 2 N–H and O–H groups in total. The minimum Gasteiger partial charge on any atom is -0.456 e. The monoisotopic (exact) mass is 387 g/mol. The Labute approximate surface area is 143 Å². The van der Waals surface area contributed by atoms with Crippen molar-refractivity contribution in [1.29, 1.82) is 0 Å². The number of halogens is 3. The fraction of sp³-hybridized carbons (Fsp3) is 0.250. The Morgan fingerprint density at radius 1 is 1.14 bits per heavy atom. The summed E-state index contributed by atoms with van der Waals surface area (Å²) in [6, 6.07) is 11.2. The van der Waals surface area contributed by atoms with Crippen molar-refractivity contribution in [1.82, 2.24) is 0 Å². The summed E-state index contributed by atoms with van der Waals surface area (Å²) in [5.41, 5.74) is 6.99. The number of ether oxygens (including phenoxy) is 1. The number of rotatable bonds is 5. The molecular weight excluding hydrogens is 373 g/mol. The normalized spacial score (nSPS) is 12.2. The highest BCUT2D eigenvalue weighted by Crippen LogP contribution is 2.33. The van der Waals surface area contributed by atoms with Crippen LogP contribution in [0.4, 0.5) is 0 Å². The zero-order valence-electron chi connectivity index (χ0n) is 11.6. The van der Waals surface area contributed by atoms with Gasteiger partial charge in [-0.1, -0.05) is 52.1 Å². The van der Waals surface area contributed by atoms with Crippen molar-refractivity contribution in [2.75, 3.05) is 0 Å². The van der Waals surface area contributed by atoms with Crippen LogP contribution in [0, 0.1) is 0 Å². The van der Waals surface area contributed by atoms with Crippen LogP contribution in [0.5, 0.6) is 11.5 Å². The molecule has 0 saturated carbocycles. The van der Waals surface area contributed by atoms with Crippen LogP contribution in [0.3, 0.4) is 0 Å². The standard InChI is InChI=1S/C16H16BrCl2NO/c1-2-12(20)7-10-3-5-13(9-14(10)18)21-16-6-4-11(17)8-15(16)19/h3-6,8-9,12H,2,7,20H2,1H3. The van der Waals surface area contributed by atoms with E-state index in [1.807, 2.05) is 18.2 Å². The summed E-state index contributed by atoms with van der Waals surface area (Å²) in [6.07, 6.45) is 1.68. The molecule has 21 heavy (non-hydrogen) atoms. The van der Waals surface area contributed by atoms with Gasteiger partial charge in [-0.15, -0.1) is 0 Å². The number of benzene rings is 2. The molecule has 0 aliphatic carbocycles. The molecule has 112 valence electrons. The molecule has 0 bridgehead atoms. The molecule has 1 unspecified atom stereocenters. The molecule has 0 radical (unpaired) electrons. The maximum Gasteiger partial charge on any atom is 0.146 e. The zero-order chi connectivity index (χ0) is 15.4. The Kier molecular flexibility index (Phi) is 5.94. The van der Waals surface area contributed by atoms with Crippen LogP contribution in [0.2, 0.25) is 10.0 Å². The number of hydrogen-bond donors (Lipinski definition) is 1. The Balaban J connectivity index is 2.16. The van der Waals surface area contributed by atoms with Crippen LogP contribution in [0.25, 0.3) is 0 Å². The maximum absolute atomic E-state index is 6.29. The van der Waals surface area contributed by atoms with E-state index in [9.17, 15) is 0 Å². The largest absolute Gasteiger partial charge is 0.456 e. The van der Waals surface area contributed by atoms with E-state index in [0.717, 1.165) is 22.9 Å². The van der Waals surface area contributed by atoms with E-state index in [1.54, 1.807) is 18.2 Å². The first kappa shape index (κ1) is 16.6. The fourth-order valence-corrected chi connectivity index (χ4v) is 2.83. The molecule has 0 aliphatic rings. The van der Waals surface area contributed by atoms with Crippen molar-refractivity contribution >= 4 is 39.1 Å². The molecule has 0 aromatic heterocycles. The van der Waals surface area contributed by atoms with Crippen molar-refractivity contribution in [2.45, 2.75) is 25.8 Å². The van der Waals surface area contributed by atoms with Crippen LogP contribution in [0.15, 0.2) is 40.9 Å². The van der Waals surface area contributed by atoms with Gasteiger partial charge >= 0.3 is 0 Å². The van der Waals surface area contributed by atoms with Gasteiger partial charge in [0.1, 0.15) is 11.5 Å². The highest BCUT2D eigenvalue weighted by molar-refractivity contribution is 9.10. The predicted octanol–water partition coefficient (Wildman–Crippen LogP) is 5.83. The molecule has 1 atom stereocenters. The van der Waals surface area contributed by atoms with Gasteiger partial charge in [-0.05, 0) is 48.7 Å². The summed E-state index contributed by atoms with van der Waals surface area (Å²) >= 11 is 15.8. The second-order valence-corrected chi connectivity index (χ2v) is 6.53. The van der Waals surface area contributed by atoms with Crippen molar-refractivity contribution in [3.63, 3.8) is 0 Å². The summed E-state index contributed by atoms with van der Waals surface area (Å²) in [5, 5.41) is 1.20. The van der Waals surface area contributed by atoms with Gasteiger partial charge in [0, 0.05) is 15.5 Å². The van der Waals surface area contributed by atoms with Gasteiger partial charge < -0.3 is 10.5 Å². The Morgan fingerprint density at radius 2 is 1.90 bits per heavy atom. The lowest BCUT2D eigenvalue weighted by molar-refractivity contribution is 0.482. The molecule has 2 rings (SSSR count). The lowest BCUT2D eigenvalue weighted by Crippen LogP contribution is -2.21. The molecule has 0 spiro atoms. The Hall–Kier alpha value is -0.740. The Morgan fingerprint density at radius 3 is 2.52 bits per heavy atom. The average molecular weight is 389 g/mol. The third kappa shape index (κ3) is 4.62. The van der Waals surface area contributed by atoms with Gasteiger partial charge in [0.05, 0.1) is 5.02 Å². The van der Waals surface area contributed by atoms with Crippen LogP contribution >= 0.6 is 39.1 Å². The molecule has 2 nitrogen and oxygen atoms in total. The predicted molar refractivity (Wildman–Crippen MR) is 92.6 cm³/mol. The van der Waals surface area contributed by atoms with E-state index < -0.39 is 0 Å². The van der Waals surface area contributed by atoms with Crippen LogP contribution < -0.4 is 10.5 Å². The smallest absolute Gasteiger partial charge is 0.146 e. The van der Waals surface area contributed by atoms with Gasteiger partial charge in [0.2, 0.25) is 0 Å². The first-order chi connectivity index (χ1) is 9.99. The Bertz CT molecular complexity index is 634. The van der Waals surface area contributed by atoms with Gasteiger partial charge in [-0.3, -0.25) is 0 Å². The molecule has 5 heteroatoms. The molecular formula is C16H16BrCl2NO. The van der Waals surface area contributed by atoms with Crippen molar-refractivity contribution in [2.24, 2.45) is 5.73 Å². The minimum atomic E-state index is 0.121. The van der Waals surface area contributed by atoms with E-state index in [1.165, 1.54) is 0 Å². The van der Waals surface area contributed by atoms with Crippen LogP contribution in [0.1, 0.15) is 18.9 Å². The van der Waals surface area contributed by atoms with Crippen molar-refractivity contribution in [3.05, 3.63) is 56.5 Å². The zero-order valence-corrected chi connectivity index (χ0v) is 14.7. The lowest BCUT2D eigenvalue weighted by Gasteiger charge is -2.12. The van der Waals surface area contributed by atoms with E-state index in [0.29, 0.717) is 21.5 Å². The van der Waals surface area contributed by atoms with Gasteiger partial charge in [0.15, 0.2) is 0 Å². The fourth-order valence-electron chi connectivity index (χ4n) is 1.87. The molecule has 0 amide bonds. The number of nitrogens with two attached hydrogens (primary N) is 1. The van der Waals surface area contributed by atoms with Gasteiger partial charge in [-0.25, -0.2) is 0 Å².